The zero-order valence-electron chi connectivity index (χ0n) is 11.7. The molecule has 0 bridgehead atoms. The Morgan fingerprint density at radius 2 is 2.00 bits per heavy atom. The Hall–Kier alpha value is -2.26. The van der Waals surface area contributed by atoms with E-state index in [2.05, 4.69) is 6.92 Å². The van der Waals surface area contributed by atoms with E-state index in [9.17, 15) is 13.6 Å². The van der Waals surface area contributed by atoms with Crippen LogP contribution in [0.15, 0.2) is 18.2 Å². The third-order valence-corrected chi connectivity index (χ3v) is 4.72. The van der Waals surface area contributed by atoms with Gasteiger partial charge in [-0.2, -0.15) is 5.26 Å². The van der Waals surface area contributed by atoms with Crippen molar-refractivity contribution >= 4 is 17.3 Å². The molecule has 0 aliphatic heterocycles. The van der Waals surface area contributed by atoms with Gasteiger partial charge in [0.25, 0.3) is 0 Å². The van der Waals surface area contributed by atoms with Gasteiger partial charge in [-0.15, -0.1) is 11.3 Å². The molecule has 3 rings (SSSR count). The molecule has 1 aliphatic carbocycles. The van der Waals surface area contributed by atoms with E-state index in [1.807, 2.05) is 0 Å². The number of carbonyl (C=O) groups is 1. The molecule has 6 heteroatoms. The van der Waals surface area contributed by atoms with E-state index >= 15 is 0 Å². The van der Waals surface area contributed by atoms with Gasteiger partial charge in [0.15, 0.2) is 0 Å². The second-order valence-corrected chi connectivity index (χ2v) is 6.47. The average molecular weight is 319 g/mol. The summed E-state index contributed by atoms with van der Waals surface area (Å²) in [5, 5.41) is 8.60. The Morgan fingerprint density at radius 3 is 2.59 bits per heavy atom. The molecule has 22 heavy (non-hydrogen) atoms. The second kappa shape index (κ2) is 5.50. The number of rotatable bonds is 2. The van der Waals surface area contributed by atoms with Gasteiger partial charge < -0.3 is 4.74 Å². The van der Waals surface area contributed by atoms with Crippen molar-refractivity contribution in [1.82, 2.24) is 0 Å². The highest BCUT2D eigenvalue weighted by molar-refractivity contribution is 7.14. The van der Waals surface area contributed by atoms with Gasteiger partial charge in [0.1, 0.15) is 33.9 Å². The van der Waals surface area contributed by atoms with Crippen molar-refractivity contribution < 1.29 is 18.3 Å². The van der Waals surface area contributed by atoms with Crippen molar-refractivity contribution in [2.45, 2.75) is 19.8 Å². The lowest BCUT2D eigenvalue weighted by Crippen LogP contribution is -2.07. The summed E-state index contributed by atoms with van der Waals surface area (Å²) < 4.78 is 32.0. The number of nitrogens with zero attached hydrogens (tertiary/aromatic N) is 1. The molecule has 0 fully saturated rings. The van der Waals surface area contributed by atoms with Gasteiger partial charge in [0.05, 0.1) is 0 Å². The maximum atomic E-state index is 13.5. The van der Waals surface area contributed by atoms with Crippen LogP contribution in [-0.4, -0.2) is 5.97 Å². The molecule has 2 aromatic rings. The molecule has 0 N–H and O–H groups in total. The minimum atomic E-state index is -1.05. The van der Waals surface area contributed by atoms with Gasteiger partial charge in [0.2, 0.25) is 0 Å². The Balaban J connectivity index is 1.81. The van der Waals surface area contributed by atoms with Crippen LogP contribution >= 0.6 is 11.3 Å². The third kappa shape index (κ3) is 2.60. The second-order valence-electron chi connectivity index (χ2n) is 5.34. The minimum Gasteiger partial charge on any atom is -0.422 e. The van der Waals surface area contributed by atoms with Crippen LogP contribution in [0.4, 0.5) is 8.78 Å². The molecule has 1 atom stereocenters. The highest BCUT2D eigenvalue weighted by Crippen LogP contribution is 2.34. The van der Waals surface area contributed by atoms with Crippen LogP contribution in [0.3, 0.4) is 0 Å². The Kier molecular flexibility index (Phi) is 3.67. The number of hydrogen-bond donors (Lipinski definition) is 0. The number of esters is 1. The number of halogens is 2. The fraction of sp³-hybridized carbons (Fsp3) is 0.250. The lowest BCUT2D eigenvalue weighted by Gasteiger charge is -2.05. The van der Waals surface area contributed by atoms with Crippen molar-refractivity contribution in [3.63, 3.8) is 0 Å². The fourth-order valence-electron chi connectivity index (χ4n) is 2.55. The van der Waals surface area contributed by atoms with E-state index in [0.717, 1.165) is 35.4 Å². The Morgan fingerprint density at radius 1 is 1.32 bits per heavy atom. The molecule has 112 valence electrons. The first-order chi connectivity index (χ1) is 10.5. The van der Waals surface area contributed by atoms with Crippen LogP contribution in [0.5, 0.6) is 5.75 Å². The number of hydrogen-bond acceptors (Lipinski definition) is 4. The SMILES string of the molecule is CC1Cc2cc(C(=O)Oc3cc(F)c(C#N)c(F)c3)sc2C1. The average Bonchev–Trinajstić information content (AvgIpc) is 2.95. The monoisotopic (exact) mass is 319 g/mol. The number of ether oxygens (including phenoxy) is 1. The smallest absolute Gasteiger partial charge is 0.353 e. The maximum Gasteiger partial charge on any atom is 0.353 e. The molecule has 3 nitrogen and oxygen atoms in total. The first kappa shape index (κ1) is 14.7. The van der Waals surface area contributed by atoms with Crippen LogP contribution < -0.4 is 4.74 Å². The van der Waals surface area contributed by atoms with Crippen LogP contribution in [0.25, 0.3) is 0 Å². The van der Waals surface area contributed by atoms with Gasteiger partial charge in [-0.05, 0) is 30.4 Å². The number of nitriles is 1. The van der Waals surface area contributed by atoms with E-state index in [4.69, 9.17) is 10.00 Å². The van der Waals surface area contributed by atoms with Crippen LogP contribution in [-0.2, 0) is 12.8 Å². The summed E-state index contributed by atoms with van der Waals surface area (Å²) >= 11 is 1.35. The topological polar surface area (TPSA) is 50.1 Å². The summed E-state index contributed by atoms with van der Waals surface area (Å²) in [6, 6.07) is 4.87. The molecule has 0 amide bonds. The maximum absolute atomic E-state index is 13.5. The molecule has 0 radical (unpaired) electrons. The number of thiophene rings is 1. The van der Waals surface area contributed by atoms with Crippen LogP contribution in [0.1, 0.15) is 32.6 Å². The normalized spacial score (nSPS) is 16.2. The summed E-state index contributed by atoms with van der Waals surface area (Å²) in [4.78, 5) is 13.6. The molecule has 1 aliphatic rings. The van der Waals surface area contributed by atoms with Crippen molar-refractivity contribution in [2.75, 3.05) is 0 Å². The van der Waals surface area contributed by atoms with E-state index in [-0.39, 0.29) is 5.75 Å². The largest absolute Gasteiger partial charge is 0.422 e. The molecule has 0 saturated carbocycles. The first-order valence-corrected chi connectivity index (χ1v) is 7.52. The highest BCUT2D eigenvalue weighted by atomic mass is 32.1. The van der Waals surface area contributed by atoms with Crippen molar-refractivity contribution in [3.8, 4) is 11.8 Å². The molecule has 0 saturated heterocycles. The molecular weight excluding hydrogens is 308 g/mol. The fourth-order valence-corrected chi connectivity index (χ4v) is 3.78. The highest BCUT2D eigenvalue weighted by Gasteiger charge is 2.24. The van der Waals surface area contributed by atoms with Crippen LogP contribution in [0.2, 0.25) is 0 Å². The van der Waals surface area contributed by atoms with Crippen LogP contribution in [0, 0.1) is 28.9 Å². The van der Waals surface area contributed by atoms with E-state index < -0.39 is 23.2 Å². The number of carbonyl (C=O) groups excluding carboxylic acids is 1. The summed E-state index contributed by atoms with van der Waals surface area (Å²) in [7, 11) is 0. The van der Waals surface area contributed by atoms with Gasteiger partial charge >= 0.3 is 5.97 Å². The number of benzene rings is 1. The zero-order chi connectivity index (χ0) is 15.9. The van der Waals surface area contributed by atoms with Crippen molar-refractivity contribution in [3.05, 3.63) is 50.7 Å². The third-order valence-electron chi connectivity index (χ3n) is 3.54. The Labute approximate surface area is 129 Å². The lowest BCUT2D eigenvalue weighted by molar-refractivity contribution is 0.0739. The van der Waals surface area contributed by atoms with E-state index in [1.54, 1.807) is 6.07 Å². The van der Waals surface area contributed by atoms with Crippen molar-refractivity contribution in [1.29, 1.82) is 5.26 Å². The summed E-state index contributed by atoms with van der Waals surface area (Å²) in [5.74, 6) is -2.41. The lowest BCUT2D eigenvalue weighted by atomic mass is 10.1. The van der Waals surface area contributed by atoms with Gasteiger partial charge in [-0.3, -0.25) is 0 Å². The van der Waals surface area contributed by atoms with E-state index in [1.165, 1.54) is 17.4 Å². The quantitative estimate of drug-likeness (QED) is 0.624. The van der Waals surface area contributed by atoms with Gasteiger partial charge in [0, 0.05) is 17.0 Å². The van der Waals surface area contributed by atoms with Gasteiger partial charge in [-0.25, -0.2) is 13.6 Å². The summed E-state index contributed by atoms with van der Waals surface area (Å²) in [5.41, 5.74) is 0.450. The summed E-state index contributed by atoms with van der Waals surface area (Å²) in [6.07, 6.45) is 1.87. The Bertz CT molecular complexity index is 760. The first-order valence-electron chi connectivity index (χ1n) is 6.71. The molecule has 1 aromatic carbocycles. The predicted molar refractivity (Wildman–Crippen MR) is 76.9 cm³/mol. The van der Waals surface area contributed by atoms with Gasteiger partial charge in [-0.1, -0.05) is 6.92 Å². The molecule has 1 unspecified atom stereocenters. The molecule has 1 heterocycles. The number of fused-ring (bicyclic) bond motifs is 1. The predicted octanol–water partition coefficient (Wildman–Crippen LogP) is 3.85. The molecule has 0 spiro atoms. The summed E-state index contributed by atoms with van der Waals surface area (Å²) in [6.45, 7) is 2.15. The molecular formula is C16H11F2NO2S. The molecule has 1 aromatic heterocycles. The standard InChI is InChI=1S/C16H11F2NO2S/c1-8-2-9-4-15(22-14(9)3-8)16(20)21-10-5-12(17)11(7-19)13(18)6-10/h4-6,8H,2-3H2,1H3. The zero-order valence-corrected chi connectivity index (χ0v) is 12.5. The van der Waals surface area contributed by atoms with Crippen molar-refractivity contribution in [2.24, 2.45) is 5.92 Å². The van der Waals surface area contributed by atoms with E-state index in [0.29, 0.717) is 10.8 Å². The minimum absolute atomic E-state index is 0.249.